The molecule has 0 bridgehead atoms. The number of fused-ring (bicyclic) bond motifs is 2. The van der Waals surface area contributed by atoms with Crippen LogP contribution in [0.15, 0.2) is 0 Å². The van der Waals surface area contributed by atoms with Crippen LogP contribution in [0.1, 0.15) is 52.9 Å². The molecule has 0 spiro atoms. The van der Waals surface area contributed by atoms with Gasteiger partial charge in [0.05, 0.1) is 6.42 Å². The van der Waals surface area contributed by atoms with E-state index in [1.54, 1.807) is 25.8 Å². The minimum absolute atomic E-state index is 0.0259. The van der Waals surface area contributed by atoms with Crippen molar-refractivity contribution in [2.75, 3.05) is 26.7 Å². The Morgan fingerprint density at radius 2 is 1.66 bits per heavy atom. The molecule has 10 nitrogen and oxygen atoms in total. The normalized spacial score (nSPS) is 33.6. The van der Waals surface area contributed by atoms with Crippen LogP contribution >= 0.6 is 0 Å². The fraction of sp³-hybridized carbons (Fsp3) is 0.773. The number of hydrogen-bond donors (Lipinski definition) is 1. The average Bonchev–Trinajstić information content (AvgIpc) is 3.17. The zero-order valence-corrected chi connectivity index (χ0v) is 19.3. The van der Waals surface area contributed by atoms with Crippen molar-refractivity contribution in [3.8, 4) is 0 Å². The van der Waals surface area contributed by atoms with Gasteiger partial charge < -0.3 is 24.8 Å². The Hall–Kier alpha value is -2.65. The third kappa shape index (κ3) is 4.88. The number of rotatable bonds is 0. The molecule has 10 heteroatoms. The van der Waals surface area contributed by atoms with Crippen molar-refractivity contribution in [2.45, 2.75) is 77.0 Å². The van der Waals surface area contributed by atoms with Crippen LogP contribution in [0.25, 0.3) is 0 Å². The minimum Gasteiger partial charge on any atom is -0.464 e. The smallest absolute Gasteiger partial charge is 0.328 e. The van der Waals surface area contributed by atoms with Gasteiger partial charge in [-0.2, -0.15) is 0 Å². The number of nitrogens with zero attached hydrogens (tertiary/aromatic N) is 3. The number of nitrogens with one attached hydrogen (secondary N) is 1. The molecule has 4 amide bonds. The van der Waals surface area contributed by atoms with E-state index in [0.29, 0.717) is 25.9 Å². The molecule has 3 fully saturated rings. The predicted octanol–water partition coefficient (Wildman–Crippen LogP) is -0.0970. The van der Waals surface area contributed by atoms with E-state index in [1.165, 1.54) is 9.80 Å². The van der Waals surface area contributed by atoms with E-state index in [9.17, 15) is 24.0 Å². The summed E-state index contributed by atoms with van der Waals surface area (Å²) in [5.74, 6) is -1.83. The van der Waals surface area contributed by atoms with E-state index in [-0.39, 0.29) is 36.7 Å². The molecule has 3 aliphatic heterocycles. The van der Waals surface area contributed by atoms with Crippen LogP contribution in [-0.2, 0) is 28.7 Å². The first kappa shape index (κ1) is 24.0. The Balaban J connectivity index is 1.87. The lowest BCUT2D eigenvalue weighted by molar-refractivity contribution is -0.157. The second kappa shape index (κ2) is 9.87. The molecule has 0 aromatic carbocycles. The first-order chi connectivity index (χ1) is 15.1. The second-order valence-electron chi connectivity index (χ2n) is 9.22. The summed E-state index contributed by atoms with van der Waals surface area (Å²) in [6.07, 6.45) is 2.57. The highest BCUT2D eigenvalue weighted by Crippen LogP contribution is 2.25. The number of cyclic esters (lactones) is 1. The fourth-order valence-corrected chi connectivity index (χ4v) is 4.72. The standard InChI is InChI=1S/C22H34N4O6/c1-13-11-17-22(31)32-10-8-18(27)25-9-6-5-7-16(25)21(30)24(4)15(3)19(28)23-14(2)20(29)26(17)12-13/h13-17H,5-12H2,1-4H3,(H,23,28)/t13-,14+,15+,16+,17+/m1/s1. The average molecular weight is 451 g/mol. The molecule has 178 valence electrons. The Kier molecular flexibility index (Phi) is 7.40. The van der Waals surface area contributed by atoms with Crippen LogP contribution in [0.5, 0.6) is 0 Å². The van der Waals surface area contributed by atoms with Gasteiger partial charge in [0.2, 0.25) is 23.6 Å². The van der Waals surface area contributed by atoms with Crippen LogP contribution < -0.4 is 5.32 Å². The van der Waals surface area contributed by atoms with Gasteiger partial charge in [-0.1, -0.05) is 6.92 Å². The predicted molar refractivity (Wildman–Crippen MR) is 114 cm³/mol. The van der Waals surface area contributed by atoms with Gasteiger partial charge in [0.15, 0.2) is 0 Å². The third-order valence-electron chi connectivity index (χ3n) is 6.77. The fourth-order valence-electron chi connectivity index (χ4n) is 4.72. The molecule has 0 aliphatic carbocycles. The zero-order valence-electron chi connectivity index (χ0n) is 19.3. The highest BCUT2D eigenvalue weighted by molar-refractivity contribution is 5.95. The van der Waals surface area contributed by atoms with Gasteiger partial charge in [-0.25, -0.2) is 4.79 Å². The third-order valence-corrected chi connectivity index (χ3v) is 6.77. The number of carbonyl (C=O) groups excluding carboxylic acids is 5. The van der Waals surface area contributed by atoms with Crippen LogP contribution in [0.4, 0.5) is 0 Å². The van der Waals surface area contributed by atoms with Gasteiger partial charge in [0, 0.05) is 20.1 Å². The molecule has 3 rings (SSSR count). The summed E-state index contributed by atoms with van der Waals surface area (Å²) in [7, 11) is 1.54. The summed E-state index contributed by atoms with van der Waals surface area (Å²) < 4.78 is 5.36. The number of carbonyl (C=O) groups is 5. The highest BCUT2D eigenvalue weighted by atomic mass is 16.5. The lowest BCUT2D eigenvalue weighted by Crippen LogP contribution is -2.58. The minimum atomic E-state index is -0.852. The molecule has 5 atom stereocenters. The Labute approximate surface area is 188 Å². The largest absolute Gasteiger partial charge is 0.464 e. The SMILES string of the molecule is C[C@@H]1C[C@H]2C(=O)OCCC(=O)N3CCCC[C@H]3C(=O)N(C)[C@@H](C)C(=O)N[C@@H](C)C(=O)N2C1. The molecule has 3 heterocycles. The van der Waals surface area contributed by atoms with E-state index in [2.05, 4.69) is 5.32 Å². The van der Waals surface area contributed by atoms with Crippen molar-refractivity contribution in [3.63, 3.8) is 0 Å². The summed E-state index contributed by atoms with van der Waals surface area (Å²) >= 11 is 0. The summed E-state index contributed by atoms with van der Waals surface area (Å²) in [6.45, 7) is 5.87. The van der Waals surface area contributed by atoms with Gasteiger partial charge in [0.1, 0.15) is 30.8 Å². The first-order valence-electron chi connectivity index (χ1n) is 11.5. The van der Waals surface area contributed by atoms with Crippen molar-refractivity contribution in [1.82, 2.24) is 20.0 Å². The lowest BCUT2D eigenvalue weighted by Gasteiger charge is -2.38. The van der Waals surface area contributed by atoms with Crippen molar-refractivity contribution in [3.05, 3.63) is 0 Å². The highest BCUT2D eigenvalue weighted by Gasteiger charge is 2.42. The lowest BCUT2D eigenvalue weighted by atomic mass is 9.99. The molecular formula is C22H34N4O6. The maximum atomic E-state index is 13.1. The molecule has 3 aliphatic rings. The van der Waals surface area contributed by atoms with Gasteiger partial charge in [-0.05, 0) is 45.4 Å². The van der Waals surface area contributed by atoms with Crippen molar-refractivity contribution >= 4 is 29.6 Å². The topological polar surface area (TPSA) is 116 Å². The number of likely N-dealkylation sites (N-methyl/N-ethyl adjacent to an activating group) is 1. The van der Waals surface area contributed by atoms with Crippen LogP contribution in [0.2, 0.25) is 0 Å². The van der Waals surface area contributed by atoms with Gasteiger partial charge >= 0.3 is 5.97 Å². The van der Waals surface area contributed by atoms with Crippen LogP contribution in [-0.4, -0.2) is 95.2 Å². The molecule has 0 aromatic rings. The number of ether oxygens (including phenoxy) is 1. The summed E-state index contributed by atoms with van der Waals surface area (Å²) in [5.41, 5.74) is 0. The van der Waals surface area contributed by atoms with Crippen LogP contribution in [0.3, 0.4) is 0 Å². The first-order valence-corrected chi connectivity index (χ1v) is 11.5. The van der Waals surface area contributed by atoms with Crippen LogP contribution in [0, 0.1) is 5.92 Å². The number of hydrogen-bond acceptors (Lipinski definition) is 6. The molecule has 0 aromatic heterocycles. The Morgan fingerprint density at radius 1 is 0.938 bits per heavy atom. The Morgan fingerprint density at radius 3 is 2.38 bits per heavy atom. The zero-order chi connectivity index (χ0) is 23.6. The van der Waals surface area contributed by atoms with Gasteiger partial charge in [0.25, 0.3) is 0 Å². The van der Waals surface area contributed by atoms with E-state index in [0.717, 1.165) is 12.8 Å². The Bertz CT molecular complexity index is 786. The molecular weight excluding hydrogens is 416 g/mol. The number of piperidine rings is 1. The van der Waals surface area contributed by atoms with E-state index >= 15 is 0 Å². The second-order valence-corrected chi connectivity index (χ2v) is 9.22. The monoisotopic (exact) mass is 450 g/mol. The maximum Gasteiger partial charge on any atom is 0.328 e. The number of amides is 4. The quantitative estimate of drug-likeness (QED) is 0.516. The maximum absolute atomic E-state index is 13.1. The van der Waals surface area contributed by atoms with Crippen molar-refractivity contribution < 1.29 is 28.7 Å². The van der Waals surface area contributed by atoms with Gasteiger partial charge in [-0.15, -0.1) is 0 Å². The van der Waals surface area contributed by atoms with E-state index in [1.807, 2.05) is 6.92 Å². The van der Waals surface area contributed by atoms with E-state index in [4.69, 9.17) is 4.74 Å². The summed E-state index contributed by atoms with van der Waals surface area (Å²) in [5, 5.41) is 2.68. The molecule has 0 saturated carbocycles. The summed E-state index contributed by atoms with van der Waals surface area (Å²) in [6, 6.07) is -3.05. The molecule has 32 heavy (non-hydrogen) atoms. The molecule has 0 unspecified atom stereocenters. The number of esters is 1. The van der Waals surface area contributed by atoms with E-state index < -0.39 is 36.0 Å². The molecule has 0 radical (unpaired) electrons. The molecule has 3 saturated heterocycles. The molecule has 1 N–H and O–H groups in total. The van der Waals surface area contributed by atoms with Crippen molar-refractivity contribution in [2.24, 2.45) is 5.92 Å². The van der Waals surface area contributed by atoms with Gasteiger partial charge in [-0.3, -0.25) is 19.2 Å². The summed E-state index contributed by atoms with van der Waals surface area (Å²) in [4.78, 5) is 68.9. The van der Waals surface area contributed by atoms with Crippen molar-refractivity contribution in [1.29, 1.82) is 0 Å².